The Kier molecular flexibility index (Phi) is 5.43. The van der Waals surface area contributed by atoms with Crippen LogP contribution in [-0.2, 0) is 6.54 Å². The lowest BCUT2D eigenvalue weighted by Crippen LogP contribution is -2.62. The Morgan fingerprint density at radius 1 is 1.03 bits per heavy atom. The number of hydrogen-bond donors (Lipinski definition) is 2. The van der Waals surface area contributed by atoms with Crippen LogP contribution in [-0.4, -0.2) is 63.3 Å². The number of rotatable bonds is 3. The largest absolute Gasteiger partial charge is 0.337 e. The van der Waals surface area contributed by atoms with Gasteiger partial charge in [-0.2, -0.15) is 0 Å². The molecule has 0 unspecified atom stereocenters. The standard InChI is InChI=1S/C22H22Cl2N6O2/c23-16-7-14(8-17(24)10-16)11-25-21(32)29-5-3-22(4-6-29)12-30(13-22)20(31)15-1-2-18-19(9-15)27-28-26-18/h1-2,7-10H,3-6,11-13H2,(H,25,32)(H,26,27,28). The molecule has 0 aliphatic carbocycles. The second kappa shape index (κ2) is 8.26. The van der Waals surface area contributed by atoms with E-state index in [0.29, 0.717) is 40.8 Å². The van der Waals surface area contributed by atoms with E-state index >= 15 is 0 Å². The van der Waals surface area contributed by atoms with Gasteiger partial charge < -0.3 is 15.1 Å². The molecule has 2 fully saturated rings. The molecule has 3 aromatic rings. The van der Waals surface area contributed by atoms with Crippen molar-refractivity contribution in [1.82, 2.24) is 30.5 Å². The fraction of sp³-hybridized carbons (Fsp3) is 0.364. The molecular weight excluding hydrogens is 451 g/mol. The lowest BCUT2D eigenvalue weighted by atomic mass is 9.72. The maximum Gasteiger partial charge on any atom is 0.317 e. The summed E-state index contributed by atoms with van der Waals surface area (Å²) in [5.74, 6) is 0.0147. The Balaban J connectivity index is 1.11. The number of halogens is 2. The third kappa shape index (κ3) is 4.12. The fourth-order valence-corrected chi connectivity index (χ4v) is 5.14. The molecule has 32 heavy (non-hydrogen) atoms. The quantitative estimate of drug-likeness (QED) is 0.607. The number of benzene rings is 2. The molecule has 8 nitrogen and oxygen atoms in total. The predicted molar refractivity (Wildman–Crippen MR) is 122 cm³/mol. The van der Waals surface area contributed by atoms with Gasteiger partial charge in [0, 0.05) is 53.7 Å². The maximum absolute atomic E-state index is 12.8. The lowest BCUT2D eigenvalue weighted by Gasteiger charge is -2.53. The summed E-state index contributed by atoms with van der Waals surface area (Å²) < 4.78 is 0. The number of likely N-dealkylation sites (tertiary alicyclic amines) is 2. The van der Waals surface area contributed by atoms with Gasteiger partial charge in [0.25, 0.3) is 5.91 Å². The van der Waals surface area contributed by atoms with Crippen molar-refractivity contribution in [3.8, 4) is 0 Å². The van der Waals surface area contributed by atoms with Crippen molar-refractivity contribution in [3.05, 3.63) is 57.6 Å². The van der Waals surface area contributed by atoms with Crippen LogP contribution in [0, 0.1) is 5.41 Å². The molecule has 0 radical (unpaired) electrons. The van der Waals surface area contributed by atoms with E-state index in [9.17, 15) is 9.59 Å². The van der Waals surface area contributed by atoms with Crippen LogP contribution < -0.4 is 5.32 Å². The molecule has 2 aliphatic rings. The van der Waals surface area contributed by atoms with Gasteiger partial charge in [-0.1, -0.05) is 28.4 Å². The van der Waals surface area contributed by atoms with E-state index in [0.717, 1.165) is 37.0 Å². The summed E-state index contributed by atoms with van der Waals surface area (Å²) in [6, 6.07) is 10.6. The zero-order valence-corrected chi connectivity index (χ0v) is 18.8. The van der Waals surface area contributed by atoms with E-state index in [-0.39, 0.29) is 17.4 Å². The maximum atomic E-state index is 12.8. The summed E-state index contributed by atoms with van der Waals surface area (Å²) >= 11 is 12.0. The molecule has 1 spiro atoms. The molecule has 2 aliphatic heterocycles. The number of hydrogen-bond acceptors (Lipinski definition) is 4. The molecule has 10 heteroatoms. The molecule has 0 bridgehead atoms. The number of nitrogens with one attached hydrogen (secondary N) is 2. The minimum Gasteiger partial charge on any atom is -0.337 e. The number of H-pyrrole nitrogens is 1. The van der Waals surface area contributed by atoms with E-state index in [1.807, 2.05) is 15.9 Å². The molecule has 0 atom stereocenters. The second-order valence-electron chi connectivity index (χ2n) is 8.63. The first-order chi connectivity index (χ1) is 15.4. The molecule has 3 amide bonds. The number of urea groups is 1. The summed E-state index contributed by atoms with van der Waals surface area (Å²) in [5, 5.41) is 14.6. The van der Waals surface area contributed by atoms with Gasteiger partial charge in [-0.05, 0) is 54.8 Å². The van der Waals surface area contributed by atoms with Crippen LogP contribution >= 0.6 is 23.2 Å². The average molecular weight is 473 g/mol. The molecule has 5 rings (SSSR count). The van der Waals surface area contributed by atoms with Crippen molar-refractivity contribution in [2.45, 2.75) is 19.4 Å². The minimum absolute atomic E-state index is 0.0147. The number of fused-ring (bicyclic) bond motifs is 1. The predicted octanol–water partition coefficient (Wildman–Crippen LogP) is 3.71. The van der Waals surface area contributed by atoms with E-state index in [2.05, 4.69) is 20.7 Å². The number of aromatic nitrogens is 3. The SMILES string of the molecule is O=C(NCc1cc(Cl)cc(Cl)c1)N1CCC2(CC1)CN(C(=O)c1ccc3[nH]nnc3c1)C2. The Labute approximate surface area is 194 Å². The van der Waals surface area contributed by atoms with Crippen molar-refractivity contribution in [1.29, 1.82) is 0 Å². The molecule has 0 saturated carbocycles. The van der Waals surface area contributed by atoms with E-state index in [1.165, 1.54) is 0 Å². The highest BCUT2D eigenvalue weighted by molar-refractivity contribution is 6.34. The minimum atomic E-state index is -0.0934. The van der Waals surface area contributed by atoms with Crippen LogP contribution in [0.15, 0.2) is 36.4 Å². The first-order valence-electron chi connectivity index (χ1n) is 10.5. The molecular formula is C22H22Cl2N6O2. The monoisotopic (exact) mass is 472 g/mol. The molecule has 1 aromatic heterocycles. The van der Waals surface area contributed by atoms with Gasteiger partial charge in [0.15, 0.2) is 0 Å². The summed E-state index contributed by atoms with van der Waals surface area (Å²) in [5.41, 5.74) is 3.09. The van der Waals surface area contributed by atoms with Gasteiger partial charge in [-0.25, -0.2) is 4.79 Å². The van der Waals surface area contributed by atoms with Crippen LogP contribution in [0.5, 0.6) is 0 Å². The molecule has 166 valence electrons. The summed E-state index contributed by atoms with van der Waals surface area (Å²) in [7, 11) is 0. The summed E-state index contributed by atoms with van der Waals surface area (Å²) in [6.07, 6.45) is 1.77. The van der Waals surface area contributed by atoms with E-state index in [4.69, 9.17) is 23.2 Å². The Hall–Kier alpha value is -2.84. The fourth-order valence-electron chi connectivity index (χ4n) is 4.57. The molecule has 2 N–H and O–H groups in total. The van der Waals surface area contributed by atoms with Gasteiger partial charge in [0.05, 0.1) is 5.52 Å². The van der Waals surface area contributed by atoms with Crippen molar-refractivity contribution in [3.63, 3.8) is 0 Å². The highest BCUT2D eigenvalue weighted by Gasteiger charge is 2.47. The van der Waals surface area contributed by atoms with Gasteiger partial charge >= 0.3 is 6.03 Å². The number of aromatic amines is 1. The van der Waals surface area contributed by atoms with Crippen molar-refractivity contribution >= 4 is 46.2 Å². The highest BCUT2D eigenvalue weighted by atomic mass is 35.5. The van der Waals surface area contributed by atoms with E-state index in [1.54, 1.807) is 30.3 Å². The second-order valence-corrected chi connectivity index (χ2v) is 9.50. The number of amides is 3. The van der Waals surface area contributed by atoms with Gasteiger partial charge in [0.1, 0.15) is 5.52 Å². The highest BCUT2D eigenvalue weighted by Crippen LogP contribution is 2.41. The van der Waals surface area contributed by atoms with Crippen molar-refractivity contribution in [2.75, 3.05) is 26.2 Å². The zero-order valence-electron chi connectivity index (χ0n) is 17.3. The Bertz CT molecular complexity index is 1160. The first-order valence-corrected chi connectivity index (χ1v) is 11.2. The number of carbonyl (C=O) groups is 2. The van der Waals surface area contributed by atoms with Gasteiger partial charge in [-0.15, -0.1) is 5.10 Å². The average Bonchev–Trinajstić information content (AvgIpc) is 3.23. The topological polar surface area (TPSA) is 94.2 Å². The van der Waals surface area contributed by atoms with Crippen LogP contribution in [0.3, 0.4) is 0 Å². The van der Waals surface area contributed by atoms with Crippen LogP contribution in [0.2, 0.25) is 10.0 Å². The lowest BCUT2D eigenvalue weighted by molar-refractivity contribution is -0.0259. The summed E-state index contributed by atoms with van der Waals surface area (Å²) in [6.45, 7) is 3.17. The van der Waals surface area contributed by atoms with Crippen LogP contribution in [0.4, 0.5) is 4.79 Å². The Morgan fingerprint density at radius 3 is 2.47 bits per heavy atom. The normalized spacial score (nSPS) is 17.4. The number of piperidine rings is 1. The molecule has 3 heterocycles. The van der Waals surface area contributed by atoms with Gasteiger partial charge in [-0.3, -0.25) is 9.89 Å². The molecule has 2 aromatic carbocycles. The first kappa shape index (κ1) is 21.0. The third-order valence-corrected chi connectivity index (χ3v) is 6.83. The number of nitrogens with zero attached hydrogens (tertiary/aromatic N) is 4. The Morgan fingerprint density at radius 2 is 1.75 bits per heavy atom. The zero-order chi connectivity index (χ0) is 22.3. The van der Waals surface area contributed by atoms with Crippen molar-refractivity contribution in [2.24, 2.45) is 5.41 Å². The van der Waals surface area contributed by atoms with Crippen LogP contribution in [0.25, 0.3) is 11.0 Å². The summed E-state index contributed by atoms with van der Waals surface area (Å²) in [4.78, 5) is 29.1. The van der Waals surface area contributed by atoms with Crippen molar-refractivity contribution < 1.29 is 9.59 Å². The number of carbonyl (C=O) groups excluding carboxylic acids is 2. The molecule has 2 saturated heterocycles. The van der Waals surface area contributed by atoms with Gasteiger partial charge in [0.2, 0.25) is 0 Å². The van der Waals surface area contributed by atoms with E-state index < -0.39 is 0 Å². The van der Waals surface area contributed by atoms with Crippen LogP contribution in [0.1, 0.15) is 28.8 Å². The smallest absolute Gasteiger partial charge is 0.317 e. The third-order valence-electron chi connectivity index (χ3n) is 6.39.